The molecule has 0 N–H and O–H groups in total. The van der Waals surface area contributed by atoms with Crippen molar-refractivity contribution in [2.45, 2.75) is 33.2 Å². The molecule has 0 radical (unpaired) electrons. The maximum atomic E-state index is 13.4. The summed E-state index contributed by atoms with van der Waals surface area (Å²) in [6.45, 7) is 7.06. The van der Waals surface area contributed by atoms with Crippen LogP contribution in [0.1, 0.15) is 32.5 Å². The fourth-order valence-corrected chi connectivity index (χ4v) is 4.00. The van der Waals surface area contributed by atoms with Gasteiger partial charge in [-0.25, -0.2) is 9.97 Å². The highest BCUT2D eigenvalue weighted by atomic mass is 16.1. The number of hydrogen-bond acceptors (Lipinski definition) is 3. The lowest BCUT2D eigenvalue weighted by Crippen LogP contribution is -2.16. The molecule has 0 aliphatic heterocycles. The van der Waals surface area contributed by atoms with Crippen molar-refractivity contribution in [2.75, 3.05) is 0 Å². The van der Waals surface area contributed by atoms with E-state index in [0.29, 0.717) is 22.1 Å². The van der Waals surface area contributed by atoms with E-state index in [4.69, 9.17) is 9.97 Å². The van der Waals surface area contributed by atoms with Crippen LogP contribution < -0.4 is 5.43 Å². The number of rotatable bonds is 2. The van der Waals surface area contributed by atoms with Crippen LogP contribution in [0.4, 0.5) is 0 Å². The van der Waals surface area contributed by atoms with E-state index in [1.165, 1.54) is 0 Å². The first-order valence-electron chi connectivity index (χ1n) is 9.34. The Balaban J connectivity index is 2.17. The summed E-state index contributed by atoms with van der Waals surface area (Å²) in [5.74, 6) is 1.12. The molecule has 0 amide bonds. The number of aromatic nitrogens is 4. The third kappa shape index (κ3) is 2.08. The summed E-state index contributed by atoms with van der Waals surface area (Å²) in [6, 6.07) is 15.7. The number of nitrogens with zero attached hydrogens (tertiary/aromatic N) is 4. The molecule has 0 bridgehead atoms. The van der Waals surface area contributed by atoms with Gasteiger partial charge in [0.05, 0.1) is 16.6 Å². The van der Waals surface area contributed by atoms with Gasteiger partial charge in [-0.1, -0.05) is 38.1 Å². The Bertz CT molecular complexity index is 1410. The van der Waals surface area contributed by atoms with Gasteiger partial charge in [-0.15, -0.1) is 0 Å². The minimum atomic E-state index is -0.00610. The first-order valence-corrected chi connectivity index (χ1v) is 9.34. The Morgan fingerprint density at radius 1 is 0.926 bits per heavy atom. The summed E-state index contributed by atoms with van der Waals surface area (Å²) in [4.78, 5) is 23.3. The lowest BCUT2D eigenvalue weighted by atomic mass is 10.1. The van der Waals surface area contributed by atoms with Crippen molar-refractivity contribution in [3.63, 3.8) is 0 Å². The molecule has 5 nitrogen and oxygen atoms in total. The molecule has 5 rings (SSSR count). The van der Waals surface area contributed by atoms with E-state index in [1.807, 2.05) is 48.5 Å². The van der Waals surface area contributed by atoms with E-state index in [1.54, 1.807) is 0 Å². The average Bonchev–Trinajstić information content (AvgIpc) is 3.07. The second kappa shape index (κ2) is 5.64. The molecular formula is C22H20N4O. The molecule has 0 saturated carbocycles. The molecule has 2 aromatic carbocycles. The standard InChI is InChI=1S/C22H20N4O/c1-4-25-16-11-7-5-9-14(16)19(27)18-21(25)24-20(13(2)3)26-17-12-8-6-10-15(17)23-22(18)26/h5-13H,4H2,1-3H3. The minimum absolute atomic E-state index is 0.00610. The van der Waals surface area contributed by atoms with Gasteiger partial charge in [0.2, 0.25) is 5.43 Å². The van der Waals surface area contributed by atoms with E-state index in [-0.39, 0.29) is 11.3 Å². The normalized spacial score (nSPS) is 12.1. The van der Waals surface area contributed by atoms with Crippen molar-refractivity contribution >= 4 is 38.6 Å². The fraction of sp³-hybridized carbons (Fsp3) is 0.227. The second-order valence-electron chi connectivity index (χ2n) is 7.17. The summed E-state index contributed by atoms with van der Waals surface area (Å²) in [6.07, 6.45) is 0. The molecule has 134 valence electrons. The van der Waals surface area contributed by atoms with Crippen LogP contribution in [-0.4, -0.2) is 18.9 Å². The van der Waals surface area contributed by atoms with Crippen LogP contribution in [0.3, 0.4) is 0 Å². The second-order valence-corrected chi connectivity index (χ2v) is 7.17. The molecule has 0 spiro atoms. The van der Waals surface area contributed by atoms with Crippen LogP contribution in [0, 0.1) is 0 Å². The number of benzene rings is 2. The van der Waals surface area contributed by atoms with Crippen LogP contribution in [0.5, 0.6) is 0 Å². The molecular weight excluding hydrogens is 336 g/mol. The predicted octanol–water partition coefficient (Wildman–Crippen LogP) is 4.49. The Labute approximate surface area is 155 Å². The van der Waals surface area contributed by atoms with E-state index in [0.717, 1.165) is 28.9 Å². The summed E-state index contributed by atoms with van der Waals surface area (Å²) >= 11 is 0. The zero-order chi connectivity index (χ0) is 18.7. The van der Waals surface area contributed by atoms with Crippen LogP contribution in [0.15, 0.2) is 53.3 Å². The van der Waals surface area contributed by atoms with E-state index < -0.39 is 0 Å². The van der Waals surface area contributed by atoms with Gasteiger partial charge in [-0.2, -0.15) is 0 Å². The molecule has 0 unspecified atom stereocenters. The minimum Gasteiger partial charge on any atom is -0.325 e. The number of fused-ring (bicyclic) bond motifs is 6. The lowest BCUT2D eigenvalue weighted by Gasteiger charge is -2.16. The van der Waals surface area contributed by atoms with Crippen molar-refractivity contribution in [1.29, 1.82) is 0 Å². The van der Waals surface area contributed by atoms with Gasteiger partial charge >= 0.3 is 0 Å². The van der Waals surface area contributed by atoms with Crippen LogP contribution in [0.25, 0.3) is 38.6 Å². The number of pyridine rings is 1. The summed E-state index contributed by atoms with van der Waals surface area (Å²) in [5, 5.41) is 1.30. The molecule has 0 saturated heterocycles. The van der Waals surface area contributed by atoms with E-state index in [9.17, 15) is 4.79 Å². The van der Waals surface area contributed by atoms with Gasteiger partial charge in [0.15, 0.2) is 5.65 Å². The van der Waals surface area contributed by atoms with Gasteiger partial charge in [-0.3, -0.25) is 9.20 Å². The topological polar surface area (TPSA) is 52.2 Å². The largest absolute Gasteiger partial charge is 0.325 e. The molecule has 27 heavy (non-hydrogen) atoms. The Hall–Kier alpha value is -3.21. The molecule has 0 aliphatic rings. The van der Waals surface area contributed by atoms with Crippen molar-refractivity contribution in [1.82, 2.24) is 18.9 Å². The van der Waals surface area contributed by atoms with Gasteiger partial charge in [-0.05, 0) is 31.2 Å². The SMILES string of the molecule is CCn1c2ccccc2c(=O)c2c1nc(C(C)C)n1c3ccccc3nc21. The summed E-state index contributed by atoms with van der Waals surface area (Å²) < 4.78 is 4.18. The first kappa shape index (κ1) is 16.0. The fourth-order valence-electron chi connectivity index (χ4n) is 4.00. The highest BCUT2D eigenvalue weighted by Gasteiger charge is 2.21. The predicted molar refractivity (Wildman–Crippen MR) is 110 cm³/mol. The maximum absolute atomic E-state index is 13.4. The Kier molecular flexibility index (Phi) is 3.34. The molecule has 0 fully saturated rings. The number of imidazole rings is 1. The Morgan fingerprint density at radius 3 is 2.37 bits per heavy atom. The van der Waals surface area contributed by atoms with Crippen molar-refractivity contribution in [3.8, 4) is 0 Å². The molecule has 0 aliphatic carbocycles. The molecule has 5 heteroatoms. The monoisotopic (exact) mass is 356 g/mol. The first-order chi connectivity index (χ1) is 13.1. The number of aryl methyl sites for hydroxylation is 1. The highest BCUT2D eigenvalue weighted by Crippen LogP contribution is 2.28. The van der Waals surface area contributed by atoms with E-state index >= 15 is 0 Å². The zero-order valence-corrected chi connectivity index (χ0v) is 15.6. The number of hydrogen-bond donors (Lipinski definition) is 0. The molecule has 3 heterocycles. The quantitative estimate of drug-likeness (QED) is 0.438. The molecule has 5 aromatic rings. The lowest BCUT2D eigenvalue weighted by molar-refractivity contribution is 0.748. The van der Waals surface area contributed by atoms with Crippen LogP contribution in [-0.2, 0) is 6.54 Å². The van der Waals surface area contributed by atoms with Gasteiger partial charge in [0, 0.05) is 17.8 Å². The van der Waals surface area contributed by atoms with Crippen molar-refractivity contribution < 1.29 is 0 Å². The smallest absolute Gasteiger partial charge is 0.202 e. The summed E-state index contributed by atoms with van der Waals surface area (Å²) in [7, 11) is 0. The van der Waals surface area contributed by atoms with Crippen molar-refractivity contribution in [3.05, 3.63) is 64.6 Å². The van der Waals surface area contributed by atoms with Crippen molar-refractivity contribution in [2.24, 2.45) is 0 Å². The Morgan fingerprint density at radius 2 is 1.63 bits per heavy atom. The van der Waals surface area contributed by atoms with Gasteiger partial charge < -0.3 is 4.57 Å². The third-order valence-electron chi connectivity index (χ3n) is 5.21. The molecule has 0 atom stereocenters. The van der Waals surface area contributed by atoms with Gasteiger partial charge in [0.25, 0.3) is 0 Å². The average molecular weight is 356 g/mol. The maximum Gasteiger partial charge on any atom is 0.202 e. The number of para-hydroxylation sites is 3. The van der Waals surface area contributed by atoms with Crippen LogP contribution >= 0.6 is 0 Å². The third-order valence-corrected chi connectivity index (χ3v) is 5.21. The zero-order valence-electron chi connectivity index (χ0n) is 15.6. The highest BCUT2D eigenvalue weighted by molar-refractivity contribution is 6.01. The van der Waals surface area contributed by atoms with Crippen LogP contribution in [0.2, 0.25) is 0 Å². The van der Waals surface area contributed by atoms with E-state index in [2.05, 4.69) is 29.7 Å². The molecule has 3 aromatic heterocycles. The summed E-state index contributed by atoms with van der Waals surface area (Å²) in [5.41, 5.74) is 4.19. The van der Waals surface area contributed by atoms with Gasteiger partial charge in [0.1, 0.15) is 16.9 Å².